The second-order valence-electron chi connectivity index (χ2n) is 4.76. The fourth-order valence-corrected chi connectivity index (χ4v) is 3.17. The van der Waals surface area contributed by atoms with Crippen LogP contribution in [0.3, 0.4) is 0 Å². The van der Waals surface area contributed by atoms with Gasteiger partial charge in [-0.15, -0.1) is 0 Å². The Morgan fingerprint density at radius 2 is 1.53 bits per heavy atom. The van der Waals surface area contributed by atoms with E-state index in [1.54, 1.807) is 25.1 Å². The molecule has 0 saturated heterocycles. The summed E-state index contributed by atoms with van der Waals surface area (Å²) in [4.78, 5) is 0. The first-order valence-corrected chi connectivity index (χ1v) is 7.48. The third kappa shape index (κ3) is 3.40. The average molecular weight is 418 g/mol. The molecular weight excluding hydrogens is 401 g/mol. The van der Waals surface area contributed by atoms with Gasteiger partial charge in [0.25, 0.3) is 0 Å². The molecule has 0 heterocycles. The van der Waals surface area contributed by atoms with Crippen LogP contribution in [0.15, 0.2) is 54.6 Å². The Bertz CT molecular complexity index is 469. The summed E-state index contributed by atoms with van der Waals surface area (Å²) in [7, 11) is 0. The summed E-state index contributed by atoms with van der Waals surface area (Å²) in [6, 6.07) is 19.7. The van der Waals surface area contributed by atoms with Crippen molar-refractivity contribution in [1.29, 1.82) is 0 Å². The van der Waals surface area contributed by atoms with E-state index < -0.39 is 0 Å². The van der Waals surface area contributed by atoms with E-state index in [2.05, 4.69) is 68.4 Å². The summed E-state index contributed by atoms with van der Waals surface area (Å²) in [6.07, 6.45) is 1.12. The first kappa shape index (κ1) is 12.8. The molecule has 0 aliphatic heterocycles. The van der Waals surface area contributed by atoms with Crippen molar-refractivity contribution in [2.75, 3.05) is 0 Å². The topological polar surface area (TPSA) is 0 Å². The van der Waals surface area contributed by atoms with Crippen molar-refractivity contribution in [1.82, 2.24) is 0 Å². The fourth-order valence-electron chi connectivity index (χ4n) is 1.99. The average Bonchev–Trinajstić information content (AvgIpc) is 2.33. The van der Waals surface area contributed by atoms with Crippen LogP contribution in [0.2, 0.25) is 0 Å². The van der Waals surface area contributed by atoms with E-state index in [0.29, 0.717) is 0 Å². The molecule has 17 heavy (non-hydrogen) atoms. The van der Waals surface area contributed by atoms with Gasteiger partial charge in [-0.3, -0.25) is 0 Å². The van der Waals surface area contributed by atoms with E-state index in [1.807, 2.05) is 0 Å². The van der Waals surface area contributed by atoms with Gasteiger partial charge in [0, 0.05) is 0 Å². The molecule has 0 aromatic heterocycles. The number of aryl methyl sites for hydroxylation is 1. The van der Waals surface area contributed by atoms with Crippen LogP contribution in [0, 0.1) is 6.92 Å². The Hall–Kier alpha value is -0.664. The van der Waals surface area contributed by atoms with Crippen molar-refractivity contribution >= 4 is 25.1 Å². The number of benzene rings is 2. The normalized spacial score (nSPS) is 14.3. The third-order valence-electron chi connectivity index (χ3n) is 3.05. The SMILES string of the molecule is Cc1ccc(C[C](C)([Po])c2ccccc2)cc1. The summed E-state index contributed by atoms with van der Waals surface area (Å²) >= 11 is 1.62. The van der Waals surface area contributed by atoms with Crippen LogP contribution in [0.1, 0.15) is 23.6 Å². The van der Waals surface area contributed by atoms with E-state index in [4.69, 9.17) is 0 Å². The van der Waals surface area contributed by atoms with E-state index in [9.17, 15) is 0 Å². The molecule has 0 spiro atoms. The Morgan fingerprint density at radius 3 is 2.12 bits per heavy atom. The number of hydrogen-bond acceptors (Lipinski definition) is 0. The molecule has 2 aromatic carbocycles. The zero-order valence-corrected chi connectivity index (χ0v) is 13.5. The number of hydrogen-bond donors (Lipinski definition) is 0. The van der Waals surface area contributed by atoms with E-state index in [-0.39, 0.29) is 3.07 Å². The zero-order valence-electron chi connectivity index (χ0n) is 10.3. The van der Waals surface area contributed by atoms with Crippen LogP contribution >= 0.6 is 0 Å². The summed E-state index contributed by atoms with van der Waals surface area (Å²) in [6.45, 7) is 4.48. The molecule has 1 unspecified atom stereocenters. The molecule has 0 bridgehead atoms. The van der Waals surface area contributed by atoms with Crippen molar-refractivity contribution in [2.24, 2.45) is 0 Å². The Balaban J connectivity index is 2.20. The van der Waals surface area contributed by atoms with Gasteiger partial charge in [-0.25, -0.2) is 0 Å². The van der Waals surface area contributed by atoms with Gasteiger partial charge in [-0.1, -0.05) is 0 Å². The minimum atomic E-state index is 0.274. The summed E-state index contributed by atoms with van der Waals surface area (Å²) < 4.78 is 0.274. The van der Waals surface area contributed by atoms with Crippen molar-refractivity contribution < 1.29 is 0 Å². The monoisotopic (exact) mass is 418 g/mol. The van der Waals surface area contributed by atoms with E-state index >= 15 is 0 Å². The second kappa shape index (κ2) is 5.32. The maximum absolute atomic E-state index is 2.34. The summed E-state index contributed by atoms with van der Waals surface area (Å²) in [5.74, 6) is 0. The van der Waals surface area contributed by atoms with E-state index in [1.165, 1.54) is 16.7 Å². The first-order valence-electron chi connectivity index (χ1n) is 5.89. The van der Waals surface area contributed by atoms with E-state index in [0.717, 1.165) is 6.42 Å². The van der Waals surface area contributed by atoms with Gasteiger partial charge >= 0.3 is 120 Å². The van der Waals surface area contributed by atoms with Crippen LogP contribution < -0.4 is 0 Å². The predicted octanol–water partition coefficient (Wildman–Crippen LogP) is 3.62. The molecule has 0 amide bonds. The molecule has 2 aromatic rings. The third-order valence-corrected chi connectivity index (χ3v) is 4.52. The Labute approximate surface area is 119 Å². The molecule has 0 aliphatic carbocycles. The van der Waals surface area contributed by atoms with Gasteiger partial charge in [0.2, 0.25) is 0 Å². The second-order valence-corrected chi connectivity index (χ2v) is 8.26. The summed E-state index contributed by atoms with van der Waals surface area (Å²) in [5.41, 5.74) is 4.20. The minimum absolute atomic E-state index is 0.274. The molecule has 0 saturated carbocycles. The van der Waals surface area contributed by atoms with Gasteiger partial charge in [0.15, 0.2) is 0 Å². The van der Waals surface area contributed by atoms with Crippen LogP contribution in [0.25, 0.3) is 0 Å². The van der Waals surface area contributed by atoms with Gasteiger partial charge in [0.1, 0.15) is 0 Å². The van der Waals surface area contributed by atoms with Gasteiger partial charge in [0.05, 0.1) is 0 Å². The number of rotatable bonds is 3. The first-order chi connectivity index (χ1) is 8.08. The molecule has 2 rings (SSSR count). The summed E-state index contributed by atoms with van der Waals surface area (Å²) in [5, 5.41) is 0. The Morgan fingerprint density at radius 1 is 0.941 bits per heavy atom. The molecule has 87 valence electrons. The van der Waals surface area contributed by atoms with Crippen LogP contribution in [-0.4, -0.2) is 25.1 Å². The van der Waals surface area contributed by atoms with Crippen molar-refractivity contribution in [3.05, 3.63) is 71.3 Å². The molecular formula is C16H17Po. The molecule has 1 heteroatoms. The Kier molecular flexibility index (Phi) is 4.00. The predicted molar refractivity (Wildman–Crippen MR) is 74.4 cm³/mol. The molecule has 0 nitrogen and oxygen atoms in total. The van der Waals surface area contributed by atoms with Crippen LogP contribution in [-0.2, 0) is 9.49 Å². The molecule has 1 radical (unpaired) electrons. The molecule has 1 atom stereocenters. The zero-order chi connectivity index (χ0) is 12.3. The van der Waals surface area contributed by atoms with Crippen LogP contribution in [0.4, 0.5) is 0 Å². The van der Waals surface area contributed by atoms with Crippen molar-refractivity contribution in [3.63, 3.8) is 0 Å². The van der Waals surface area contributed by atoms with Gasteiger partial charge < -0.3 is 0 Å². The molecule has 0 fully saturated rings. The van der Waals surface area contributed by atoms with Gasteiger partial charge in [-0.05, 0) is 0 Å². The van der Waals surface area contributed by atoms with Gasteiger partial charge in [-0.2, -0.15) is 0 Å². The standard InChI is InChI=1S/C16H17.Po/c1-13-8-10-15(11-9-13)12-14(2)16-6-4-3-5-7-16;/h3-11H,12H2,1-2H3;. The molecule has 0 aliphatic rings. The fraction of sp³-hybridized carbons (Fsp3) is 0.250. The van der Waals surface area contributed by atoms with Crippen molar-refractivity contribution in [2.45, 2.75) is 23.3 Å². The maximum atomic E-state index is 2.34. The van der Waals surface area contributed by atoms with Crippen molar-refractivity contribution in [3.8, 4) is 0 Å². The molecule has 0 N–H and O–H groups in total. The van der Waals surface area contributed by atoms with Crippen LogP contribution in [0.5, 0.6) is 0 Å². The quantitative estimate of drug-likeness (QED) is 0.715.